The molecule has 0 aliphatic carbocycles. The number of aromatic nitrogens is 5. The van der Waals surface area contributed by atoms with E-state index in [1.165, 1.54) is 23.1 Å². The molecule has 2 aromatic heterocycles. The van der Waals surface area contributed by atoms with Crippen LogP contribution < -0.4 is 14.8 Å². The maximum absolute atomic E-state index is 12.4. The van der Waals surface area contributed by atoms with Crippen molar-refractivity contribution < 1.29 is 14.3 Å². The summed E-state index contributed by atoms with van der Waals surface area (Å²) in [5.41, 5.74) is 1.03. The summed E-state index contributed by atoms with van der Waals surface area (Å²) in [5, 5.41) is 21.4. The molecule has 0 radical (unpaired) electrons. The topological polar surface area (TPSA) is 104 Å². The molecule has 0 bridgehead atoms. The normalized spacial score (nSPS) is 14.8. The van der Waals surface area contributed by atoms with Gasteiger partial charge in [0.15, 0.2) is 28.6 Å². The van der Waals surface area contributed by atoms with Crippen molar-refractivity contribution in [2.24, 2.45) is 7.05 Å². The molecular formula is C22H20N6O3S2. The Hall–Kier alpha value is -3.44. The van der Waals surface area contributed by atoms with Crippen molar-refractivity contribution in [3.63, 3.8) is 0 Å². The van der Waals surface area contributed by atoms with Crippen molar-refractivity contribution in [1.29, 1.82) is 0 Å². The third-order valence-electron chi connectivity index (χ3n) is 4.95. The van der Waals surface area contributed by atoms with Crippen molar-refractivity contribution in [1.82, 2.24) is 30.3 Å². The van der Waals surface area contributed by atoms with Crippen LogP contribution in [0, 0.1) is 0 Å². The van der Waals surface area contributed by atoms with Crippen LogP contribution in [-0.2, 0) is 19.3 Å². The van der Waals surface area contributed by atoms with Gasteiger partial charge in [-0.1, -0.05) is 65.6 Å². The number of hydrogen-bond acceptors (Lipinski definition) is 9. The first-order valence-electron chi connectivity index (χ1n) is 10.2. The van der Waals surface area contributed by atoms with Gasteiger partial charge in [0.25, 0.3) is 5.91 Å². The molecule has 33 heavy (non-hydrogen) atoms. The van der Waals surface area contributed by atoms with Gasteiger partial charge in [-0.25, -0.2) is 0 Å². The summed E-state index contributed by atoms with van der Waals surface area (Å²) in [7, 11) is 1.89. The molecule has 0 saturated carbocycles. The molecule has 1 unspecified atom stereocenters. The molecule has 1 aliphatic heterocycles. The molecule has 0 saturated heterocycles. The lowest BCUT2D eigenvalue weighted by atomic mass is 10.2. The van der Waals surface area contributed by atoms with E-state index in [1.54, 1.807) is 0 Å². The van der Waals surface area contributed by atoms with Gasteiger partial charge in [-0.3, -0.25) is 4.79 Å². The highest BCUT2D eigenvalue weighted by atomic mass is 32.2. The van der Waals surface area contributed by atoms with E-state index < -0.39 is 0 Å². The minimum atomic E-state index is -0.340. The van der Waals surface area contributed by atoms with E-state index in [1.807, 2.05) is 66.2 Å². The summed E-state index contributed by atoms with van der Waals surface area (Å²) in [6.07, 6.45) is -0.340. The first kappa shape index (κ1) is 21.4. The number of rotatable bonds is 7. The molecule has 3 heterocycles. The SMILES string of the molecule is Cn1c(SCc2nnc(C(=O)NCc3ccccc3)s2)nnc1C1COc2ccccc2O1. The van der Waals surface area contributed by atoms with Gasteiger partial charge in [-0.05, 0) is 17.7 Å². The number of benzene rings is 2. The molecule has 0 spiro atoms. The van der Waals surface area contributed by atoms with Crippen LogP contribution in [-0.4, -0.2) is 37.5 Å². The monoisotopic (exact) mass is 480 g/mol. The summed E-state index contributed by atoms with van der Waals surface area (Å²) < 4.78 is 13.7. The van der Waals surface area contributed by atoms with Crippen LogP contribution in [0.25, 0.3) is 0 Å². The highest BCUT2D eigenvalue weighted by Gasteiger charge is 2.27. The molecule has 5 rings (SSSR count). The third-order valence-corrected chi connectivity index (χ3v) is 7.08. The summed E-state index contributed by atoms with van der Waals surface area (Å²) in [6, 6.07) is 17.3. The lowest BCUT2D eigenvalue weighted by molar-refractivity contribution is 0.0825. The second-order valence-electron chi connectivity index (χ2n) is 7.22. The first-order chi connectivity index (χ1) is 16.2. The fourth-order valence-electron chi connectivity index (χ4n) is 3.26. The van der Waals surface area contributed by atoms with E-state index in [-0.39, 0.29) is 12.0 Å². The third kappa shape index (κ3) is 4.83. The Morgan fingerprint density at radius 3 is 2.73 bits per heavy atom. The Labute approximate surface area is 198 Å². The number of ether oxygens (including phenoxy) is 2. The van der Waals surface area contributed by atoms with E-state index in [0.29, 0.717) is 35.5 Å². The summed E-state index contributed by atoms with van der Waals surface area (Å²) in [5.74, 6) is 2.40. The van der Waals surface area contributed by atoms with Crippen LogP contribution in [0.3, 0.4) is 0 Å². The molecule has 0 fully saturated rings. The number of amides is 1. The second kappa shape index (κ2) is 9.59. The van der Waals surface area contributed by atoms with E-state index in [0.717, 1.165) is 21.5 Å². The molecule has 4 aromatic rings. The van der Waals surface area contributed by atoms with Gasteiger partial charge in [0, 0.05) is 13.6 Å². The molecular weight excluding hydrogens is 460 g/mol. The van der Waals surface area contributed by atoms with E-state index >= 15 is 0 Å². The average Bonchev–Trinajstić information content (AvgIpc) is 3.48. The number of hydrogen-bond donors (Lipinski definition) is 1. The van der Waals surface area contributed by atoms with Gasteiger partial charge in [0.05, 0.1) is 5.75 Å². The number of nitrogens with one attached hydrogen (secondary N) is 1. The quantitative estimate of drug-likeness (QED) is 0.402. The zero-order valence-electron chi connectivity index (χ0n) is 17.7. The van der Waals surface area contributed by atoms with Crippen LogP contribution in [0.15, 0.2) is 59.8 Å². The molecule has 168 valence electrons. The van der Waals surface area contributed by atoms with Gasteiger partial charge < -0.3 is 19.4 Å². The fourth-order valence-corrected chi connectivity index (χ4v) is 4.92. The second-order valence-corrected chi connectivity index (χ2v) is 9.23. The summed E-state index contributed by atoms with van der Waals surface area (Å²) >= 11 is 2.75. The molecule has 1 N–H and O–H groups in total. The smallest absolute Gasteiger partial charge is 0.282 e. The minimum Gasteiger partial charge on any atom is -0.485 e. The highest BCUT2D eigenvalue weighted by molar-refractivity contribution is 7.98. The Bertz CT molecular complexity index is 1260. The number of thioether (sulfide) groups is 1. The number of carbonyl (C=O) groups excluding carboxylic acids is 1. The van der Waals surface area contributed by atoms with Crippen LogP contribution in [0.2, 0.25) is 0 Å². The predicted octanol–water partition coefficient (Wildman–Crippen LogP) is 3.40. The lowest BCUT2D eigenvalue weighted by Crippen LogP contribution is -2.24. The number of nitrogens with zero attached hydrogens (tertiary/aromatic N) is 5. The highest BCUT2D eigenvalue weighted by Crippen LogP contribution is 2.36. The fraction of sp³-hybridized carbons (Fsp3) is 0.227. The Kier molecular flexibility index (Phi) is 6.22. The zero-order valence-corrected chi connectivity index (χ0v) is 19.3. The Morgan fingerprint density at radius 1 is 1.09 bits per heavy atom. The molecule has 2 aromatic carbocycles. The van der Waals surface area contributed by atoms with Crippen molar-refractivity contribution in [3.8, 4) is 11.5 Å². The van der Waals surface area contributed by atoms with E-state index in [9.17, 15) is 4.79 Å². The van der Waals surface area contributed by atoms with Crippen molar-refractivity contribution in [2.45, 2.75) is 23.6 Å². The summed E-state index contributed by atoms with van der Waals surface area (Å²) in [4.78, 5) is 12.4. The largest absolute Gasteiger partial charge is 0.485 e. The average molecular weight is 481 g/mol. The molecule has 1 atom stereocenters. The Balaban J connectivity index is 1.18. The number of carbonyl (C=O) groups is 1. The number of fused-ring (bicyclic) bond motifs is 1. The van der Waals surface area contributed by atoms with Crippen molar-refractivity contribution in [2.75, 3.05) is 6.61 Å². The maximum atomic E-state index is 12.4. The molecule has 11 heteroatoms. The van der Waals surface area contributed by atoms with Crippen LogP contribution in [0.1, 0.15) is 32.3 Å². The van der Waals surface area contributed by atoms with Crippen molar-refractivity contribution in [3.05, 3.63) is 76.0 Å². The standard InChI is InChI=1S/C22H20N6O3S2/c1-28-19(17-12-30-15-9-5-6-10-16(15)31-17)25-27-22(28)32-13-18-24-26-21(33-18)20(29)23-11-14-7-3-2-4-8-14/h2-10,17H,11-13H2,1H3,(H,23,29). The predicted molar refractivity (Wildman–Crippen MR) is 123 cm³/mol. The lowest BCUT2D eigenvalue weighted by Gasteiger charge is -2.25. The van der Waals surface area contributed by atoms with E-state index in [4.69, 9.17) is 9.47 Å². The van der Waals surface area contributed by atoms with Crippen LogP contribution >= 0.6 is 23.1 Å². The van der Waals surface area contributed by atoms with Gasteiger partial charge in [-0.15, -0.1) is 20.4 Å². The maximum Gasteiger partial charge on any atom is 0.282 e. The molecule has 1 aliphatic rings. The van der Waals surface area contributed by atoms with E-state index in [2.05, 4.69) is 25.7 Å². The van der Waals surface area contributed by atoms with Crippen molar-refractivity contribution >= 4 is 29.0 Å². The van der Waals surface area contributed by atoms with Gasteiger partial charge in [0.1, 0.15) is 11.6 Å². The minimum absolute atomic E-state index is 0.233. The van der Waals surface area contributed by atoms with Crippen LogP contribution in [0.5, 0.6) is 11.5 Å². The molecule has 1 amide bonds. The zero-order chi connectivity index (χ0) is 22.6. The molecule has 9 nitrogen and oxygen atoms in total. The van der Waals surface area contributed by atoms with Crippen LogP contribution in [0.4, 0.5) is 0 Å². The van der Waals surface area contributed by atoms with Gasteiger partial charge in [0.2, 0.25) is 5.01 Å². The Morgan fingerprint density at radius 2 is 1.88 bits per heavy atom. The summed E-state index contributed by atoms with van der Waals surface area (Å²) in [6.45, 7) is 0.813. The van der Waals surface area contributed by atoms with Gasteiger partial charge >= 0.3 is 0 Å². The number of para-hydroxylation sites is 2. The van der Waals surface area contributed by atoms with Gasteiger partial charge in [-0.2, -0.15) is 0 Å². The first-order valence-corrected chi connectivity index (χ1v) is 12.0.